The molecule has 2 rings (SSSR count). The van der Waals surface area contributed by atoms with E-state index in [0.717, 1.165) is 6.42 Å². The number of benzene rings is 1. The summed E-state index contributed by atoms with van der Waals surface area (Å²) in [5.74, 6) is -0.383. The molecule has 1 aromatic rings. The van der Waals surface area contributed by atoms with E-state index in [1.807, 2.05) is 0 Å². The van der Waals surface area contributed by atoms with Crippen LogP contribution >= 0.6 is 27.5 Å². The smallest absolute Gasteiger partial charge is 0.227 e. The van der Waals surface area contributed by atoms with E-state index >= 15 is 0 Å². The van der Waals surface area contributed by atoms with Gasteiger partial charge in [-0.25, -0.2) is 4.39 Å². The Kier molecular flexibility index (Phi) is 2.98. The summed E-state index contributed by atoms with van der Waals surface area (Å²) < 4.78 is 13.5. The summed E-state index contributed by atoms with van der Waals surface area (Å²) >= 11 is 9.13. The van der Waals surface area contributed by atoms with Crippen LogP contribution in [0.25, 0.3) is 0 Å². The van der Waals surface area contributed by atoms with Gasteiger partial charge in [0.1, 0.15) is 5.82 Å². The molecule has 0 N–H and O–H groups in total. The lowest BCUT2D eigenvalue weighted by Gasteiger charge is -2.18. The lowest BCUT2D eigenvalue weighted by molar-refractivity contribution is -0.117. The van der Waals surface area contributed by atoms with Gasteiger partial charge in [-0.1, -0.05) is 11.6 Å². The monoisotopic (exact) mass is 291 g/mol. The van der Waals surface area contributed by atoms with Gasteiger partial charge in [0.2, 0.25) is 5.91 Å². The minimum absolute atomic E-state index is 0.0317. The Morgan fingerprint density at radius 2 is 2.20 bits per heavy atom. The molecule has 1 saturated heterocycles. The molecule has 15 heavy (non-hydrogen) atoms. The molecule has 0 spiro atoms. The lowest BCUT2D eigenvalue weighted by atomic mass is 10.3. The third kappa shape index (κ3) is 2.01. The largest absolute Gasteiger partial charge is 0.310 e. The normalized spacial score (nSPS) is 16.2. The fraction of sp³-hybridized carbons (Fsp3) is 0.300. The van der Waals surface area contributed by atoms with Crippen LogP contribution in [0, 0.1) is 5.82 Å². The van der Waals surface area contributed by atoms with E-state index in [-0.39, 0.29) is 10.9 Å². The molecule has 1 heterocycles. The van der Waals surface area contributed by atoms with Crippen molar-refractivity contribution in [3.8, 4) is 0 Å². The van der Waals surface area contributed by atoms with Crippen LogP contribution in [0.4, 0.5) is 10.1 Å². The Balaban J connectivity index is 2.47. The summed E-state index contributed by atoms with van der Waals surface area (Å²) in [6, 6.07) is 2.53. The van der Waals surface area contributed by atoms with E-state index in [1.54, 1.807) is 4.90 Å². The van der Waals surface area contributed by atoms with Crippen LogP contribution in [0.5, 0.6) is 0 Å². The minimum atomic E-state index is -0.415. The number of carbonyl (C=O) groups excluding carboxylic acids is 1. The molecular weight excluding hydrogens is 284 g/mol. The maximum absolute atomic E-state index is 13.0. The topological polar surface area (TPSA) is 20.3 Å². The van der Waals surface area contributed by atoms with Gasteiger partial charge in [0.15, 0.2) is 0 Å². The molecule has 0 bridgehead atoms. The highest BCUT2D eigenvalue weighted by Crippen LogP contribution is 2.36. The molecule has 0 saturated carbocycles. The third-order valence-electron chi connectivity index (χ3n) is 2.32. The zero-order valence-electron chi connectivity index (χ0n) is 7.77. The molecule has 0 aromatic heterocycles. The van der Waals surface area contributed by atoms with Crippen molar-refractivity contribution in [2.75, 3.05) is 11.4 Å². The summed E-state index contributed by atoms with van der Waals surface area (Å²) in [6.45, 7) is 0.642. The Labute approximate surface area is 100 Å². The highest BCUT2D eigenvalue weighted by molar-refractivity contribution is 9.10. The van der Waals surface area contributed by atoms with Crippen molar-refractivity contribution >= 4 is 39.1 Å². The van der Waals surface area contributed by atoms with Crippen molar-refractivity contribution in [3.05, 3.63) is 27.4 Å². The second kappa shape index (κ2) is 4.10. The second-order valence-electron chi connectivity index (χ2n) is 3.37. The zero-order chi connectivity index (χ0) is 11.0. The summed E-state index contributed by atoms with van der Waals surface area (Å²) in [4.78, 5) is 13.1. The third-order valence-corrected chi connectivity index (χ3v) is 3.22. The first-order valence-corrected chi connectivity index (χ1v) is 5.71. The molecular formula is C10H8BrClFNO. The molecule has 0 radical (unpaired) electrons. The molecule has 1 fully saturated rings. The Morgan fingerprint density at radius 3 is 2.73 bits per heavy atom. The number of hydrogen-bond acceptors (Lipinski definition) is 1. The van der Waals surface area contributed by atoms with Crippen molar-refractivity contribution < 1.29 is 9.18 Å². The average molecular weight is 293 g/mol. The molecule has 5 heteroatoms. The molecule has 0 atom stereocenters. The summed E-state index contributed by atoms with van der Waals surface area (Å²) in [5.41, 5.74) is 0.570. The number of rotatable bonds is 1. The minimum Gasteiger partial charge on any atom is -0.310 e. The van der Waals surface area contributed by atoms with Gasteiger partial charge in [0, 0.05) is 17.4 Å². The van der Waals surface area contributed by atoms with Crippen LogP contribution in [-0.2, 0) is 4.79 Å². The van der Waals surface area contributed by atoms with Crippen molar-refractivity contribution in [1.29, 1.82) is 0 Å². The number of amides is 1. The van der Waals surface area contributed by atoms with Crippen LogP contribution < -0.4 is 4.90 Å². The molecule has 1 aliphatic heterocycles. The molecule has 1 amide bonds. The SMILES string of the molecule is O=C1CCCN1c1c(Cl)cc(F)cc1Br. The first kappa shape index (κ1) is 10.9. The van der Waals surface area contributed by atoms with E-state index in [0.29, 0.717) is 23.1 Å². The molecule has 2 nitrogen and oxygen atoms in total. The highest BCUT2D eigenvalue weighted by Gasteiger charge is 2.25. The van der Waals surface area contributed by atoms with Crippen molar-refractivity contribution in [3.63, 3.8) is 0 Å². The fourth-order valence-corrected chi connectivity index (χ4v) is 2.75. The number of anilines is 1. The van der Waals surface area contributed by atoms with Gasteiger partial charge in [0.25, 0.3) is 0 Å². The maximum atomic E-state index is 13.0. The Hall–Kier alpha value is -0.610. The number of carbonyl (C=O) groups is 1. The van der Waals surface area contributed by atoms with Gasteiger partial charge in [0.05, 0.1) is 10.7 Å². The standard InChI is InChI=1S/C10H8BrClFNO/c11-7-4-6(13)5-8(12)10(7)14-3-1-2-9(14)15/h4-5H,1-3H2. The van der Waals surface area contributed by atoms with Gasteiger partial charge < -0.3 is 4.90 Å². The molecule has 0 aliphatic carbocycles. The van der Waals surface area contributed by atoms with Crippen molar-refractivity contribution in [2.45, 2.75) is 12.8 Å². The predicted octanol–water partition coefficient (Wildman–Crippen LogP) is 3.37. The molecule has 80 valence electrons. The lowest BCUT2D eigenvalue weighted by Crippen LogP contribution is -2.24. The van der Waals surface area contributed by atoms with Crippen molar-refractivity contribution in [2.24, 2.45) is 0 Å². The number of nitrogens with zero attached hydrogens (tertiary/aromatic N) is 1. The Bertz CT molecular complexity index is 401. The molecule has 0 unspecified atom stereocenters. The zero-order valence-corrected chi connectivity index (χ0v) is 10.1. The van der Waals surface area contributed by atoms with E-state index < -0.39 is 5.82 Å². The van der Waals surface area contributed by atoms with E-state index in [1.165, 1.54) is 12.1 Å². The summed E-state index contributed by atoms with van der Waals surface area (Å²) in [6.07, 6.45) is 1.35. The fourth-order valence-electron chi connectivity index (χ4n) is 1.68. The van der Waals surface area contributed by atoms with Crippen LogP contribution in [0.1, 0.15) is 12.8 Å². The Morgan fingerprint density at radius 1 is 1.47 bits per heavy atom. The number of hydrogen-bond donors (Lipinski definition) is 0. The van der Waals surface area contributed by atoms with E-state index in [2.05, 4.69) is 15.9 Å². The average Bonchev–Trinajstić information content (AvgIpc) is 2.50. The van der Waals surface area contributed by atoms with Gasteiger partial charge in [-0.15, -0.1) is 0 Å². The van der Waals surface area contributed by atoms with Crippen LogP contribution in [-0.4, -0.2) is 12.5 Å². The first-order chi connectivity index (χ1) is 7.09. The van der Waals surface area contributed by atoms with E-state index in [4.69, 9.17) is 11.6 Å². The van der Waals surface area contributed by atoms with Gasteiger partial charge in [-0.05, 0) is 34.5 Å². The second-order valence-corrected chi connectivity index (χ2v) is 4.63. The van der Waals surface area contributed by atoms with Crippen LogP contribution in [0.2, 0.25) is 5.02 Å². The maximum Gasteiger partial charge on any atom is 0.227 e. The summed E-state index contributed by atoms with van der Waals surface area (Å²) in [5, 5.41) is 0.261. The molecule has 1 aromatic carbocycles. The van der Waals surface area contributed by atoms with Gasteiger partial charge in [-0.2, -0.15) is 0 Å². The predicted molar refractivity (Wildman–Crippen MR) is 60.7 cm³/mol. The summed E-state index contributed by atoms with van der Waals surface area (Å²) in [7, 11) is 0. The van der Waals surface area contributed by atoms with E-state index in [9.17, 15) is 9.18 Å². The quantitative estimate of drug-likeness (QED) is 0.777. The van der Waals surface area contributed by atoms with Crippen molar-refractivity contribution in [1.82, 2.24) is 0 Å². The molecule has 1 aliphatic rings. The number of halogens is 3. The van der Waals surface area contributed by atoms with Gasteiger partial charge in [-0.3, -0.25) is 4.79 Å². The highest BCUT2D eigenvalue weighted by atomic mass is 79.9. The van der Waals surface area contributed by atoms with Crippen LogP contribution in [0.3, 0.4) is 0 Å². The van der Waals surface area contributed by atoms with Crippen LogP contribution in [0.15, 0.2) is 16.6 Å². The first-order valence-electron chi connectivity index (χ1n) is 4.54. The van der Waals surface area contributed by atoms with Gasteiger partial charge >= 0.3 is 0 Å².